The van der Waals surface area contributed by atoms with Crippen LogP contribution in [0.4, 0.5) is 5.69 Å². The molecule has 1 fully saturated rings. The number of allylic oxidation sites excluding steroid dienone is 2. The molecule has 0 spiro atoms. The Morgan fingerprint density at radius 3 is 1.98 bits per heavy atom. The van der Waals surface area contributed by atoms with Crippen LogP contribution in [-0.4, -0.2) is 159 Å². The molecule has 26 heteroatoms. The van der Waals surface area contributed by atoms with Crippen LogP contribution in [0.25, 0.3) is 10.8 Å². The first-order valence-electron chi connectivity index (χ1n) is 25.5. The number of hydrogen-bond acceptors (Lipinski definition) is 23. The number of fused-ring (bicyclic) bond motifs is 14. The molecule has 80 heavy (non-hydrogen) atoms. The van der Waals surface area contributed by atoms with E-state index in [2.05, 4.69) is 16.0 Å². The fourth-order valence-corrected chi connectivity index (χ4v) is 10.8. The molecule has 0 radical (unpaired) electrons. The normalized spacial score (nSPS) is 30.1. The molecule has 6 rings (SSSR count). The predicted molar refractivity (Wildman–Crippen MR) is 290 cm³/mol. The number of aromatic hydroxyl groups is 3. The van der Waals surface area contributed by atoms with Gasteiger partial charge in [-0.1, -0.05) is 45.9 Å². The van der Waals surface area contributed by atoms with Crippen LogP contribution < -0.4 is 20.7 Å². The molecule has 8 N–H and O–H groups in total. The number of carbonyl (C=O) groups excluding carboxylic acids is 7. The average molecular weight is 1160 g/mol. The molecule has 0 aromatic heterocycles. The lowest BCUT2D eigenvalue weighted by Crippen LogP contribution is -2.66. The second-order valence-corrected chi connectivity index (χ2v) is 21.4. The molecule has 5 bridgehead atoms. The quantitative estimate of drug-likeness (QED) is 0.0278. The van der Waals surface area contributed by atoms with Crippen molar-refractivity contribution in [2.45, 2.75) is 149 Å². The number of hydrogen-bond donors (Lipinski definition) is 8. The molecular formula is C54H71N3O21S2. The monoisotopic (exact) mass is 1160 g/mol. The highest BCUT2D eigenvalue weighted by atomic mass is 32.2. The first-order chi connectivity index (χ1) is 37.4. The summed E-state index contributed by atoms with van der Waals surface area (Å²) in [6, 6.07) is 0. The zero-order chi connectivity index (χ0) is 59.8. The van der Waals surface area contributed by atoms with Crippen molar-refractivity contribution in [3.8, 4) is 23.0 Å². The smallest absolute Gasteiger partial charge is 0.312 e. The van der Waals surface area contributed by atoms with E-state index in [0.717, 1.165) is 45.7 Å². The van der Waals surface area contributed by atoms with E-state index in [1.165, 1.54) is 53.0 Å². The molecule has 14 atom stereocenters. The van der Waals surface area contributed by atoms with E-state index >= 15 is 0 Å². The number of aliphatic hydroxyl groups excluding tert-OH is 2. The summed E-state index contributed by atoms with van der Waals surface area (Å²) < 4.78 is 51.3. The number of ether oxygens (including phenoxy) is 9. The highest BCUT2D eigenvalue weighted by molar-refractivity contribution is 7.99. The number of thioether (sulfide) groups is 1. The van der Waals surface area contributed by atoms with Gasteiger partial charge in [-0.05, 0) is 32.1 Å². The molecular weight excluding hydrogens is 1090 g/mol. The molecule has 0 unspecified atom stereocenters. The first-order valence-corrected chi connectivity index (χ1v) is 26.9. The molecule has 24 nitrogen and oxygen atoms in total. The van der Waals surface area contributed by atoms with Gasteiger partial charge in [-0.2, -0.15) is 0 Å². The van der Waals surface area contributed by atoms with Crippen molar-refractivity contribution < 1.29 is 102 Å². The third-order valence-electron chi connectivity index (χ3n) is 13.8. The van der Waals surface area contributed by atoms with E-state index in [9.17, 15) is 59.1 Å². The maximum atomic E-state index is 14.7. The molecule has 2 aromatic carbocycles. The Hall–Kier alpha value is -6.71. The summed E-state index contributed by atoms with van der Waals surface area (Å²) in [4.78, 5) is 89.8. The maximum absolute atomic E-state index is 14.7. The van der Waals surface area contributed by atoms with Crippen LogP contribution in [-0.2, 0) is 66.7 Å². The van der Waals surface area contributed by atoms with Gasteiger partial charge in [0.2, 0.25) is 0 Å². The fourth-order valence-electron chi connectivity index (χ4n) is 9.68. The number of methoxy groups -OCH3 is 1. The number of phenolic OH excluding ortho intramolecular Hbond substituents is 3. The van der Waals surface area contributed by atoms with Crippen LogP contribution in [0.15, 0.2) is 41.0 Å². The third kappa shape index (κ3) is 14.6. The summed E-state index contributed by atoms with van der Waals surface area (Å²) in [6.07, 6.45) is -4.17. The van der Waals surface area contributed by atoms with Gasteiger partial charge in [0.15, 0.2) is 35.4 Å². The van der Waals surface area contributed by atoms with Gasteiger partial charge in [-0.15, -0.1) is 11.8 Å². The lowest BCUT2D eigenvalue weighted by atomic mass is 9.78. The lowest BCUT2D eigenvalue weighted by Gasteiger charge is -2.44. The Morgan fingerprint density at radius 2 is 1.38 bits per heavy atom. The van der Waals surface area contributed by atoms with Gasteiger partial charge >= 0.3 is 35.6 Å². The number of benzene rings is 2. The van der Waals surface area contributed by atoms with Crippen LogP contribution in [0.1, 0.15) is 92.1 Å². The SMILES string of the molecule is CO[C@H]1C=CO[C@@]2(C)Oc3c(C)c(O)c4c(O)c(c(SCCNC(=S)N[C@@H]5O[C@H](COC(C)=O)[C@@H](OC(C)=O)[C@H](OC(C)=O)[C@H]5OC(C)=O)c(O)c4c3C2=O)NC(=O)/C(C)=C\C=C/[C@H](C)[C@H](O)[C@@H](C)[C@@H](O)[C@@H](C)[C@H](OC(C)=O)[C@@H]1C. The summed E-state index contributed by atoms with van der Waals surface area (Å²) in [7, 11) is 1.39. The van der Waals surface area contributed by atoms with Crippen molar-refractivity contribution in [3.63, 3.8) is 0 Å². The Balaban J connectivity index is 1.56. The average Bonchev–Trinajstić information content (AvgIpc) is 3.64. The number of nitrogens with one attached hydrogen (secondary N) is 3. The molecule has 4 aliphatic rings. The van der Waals surface area contributed by atoms with Crippen LogP contribution in [0.2, 0.25) is 0 Å². The van der Waals surface area contributed by atoms with Crippen molar-refractivity contribution in [1.82, 2.24) is 10.6 Å². The number of amides is 1. The van der Waals surface area contributed by atoms with Gasteiger partial charge in [0.1, 0.15) is 41.8 Å². The van der Waals surface area contributed by atoms with Crippen molar-refractivity contribution in [1.29, 1.82) is 0 Å². The summed E-state index contributed by atoms with van der Waals surface area (Å²) in [6.45, 7) is 15.9. The molecule has 4 heterocycles. The number of ketones is 1. The van der Waals surface area contributed by atoms with E-state index < -0.39 is 155 Å². The highest BCUT2D eigenvalue weighted by Crippen LogP contribution is 2.57. The number of phenols is 3. The second kappa shape index (κ2) is 27.2. The van der Waals surface area contributed by atoms with E-state index in [-0.39, 0.29) is 55.8 Å². The lowest BCUT2D eigenvalue weighted by molar-refractivity contribution is -0.254. The Labute approximate surface area is 471 Å². The standard InChI is InChI=1S/C54H71N3O21S2/c1-22-15-14-16-23(2)51(69)56-38-42(66)36-35(37-45(27(6)41(36)65)78-54(12,50(37)68)72-19-17-33(70-13)24(3)44(73-29(8)59)26(5)40(64)25(4)39(22)63)43(67)49(38)80-20-18-55-53(79)57-52-48(76-32(11)62)47(75-31(10)61)46(74-30(9)60)34(77-52)21-71-28(7)58/h14-17,19,22,24-26,33-34,39-40,44,46-48,52,63-67H,18,20-21H2,1-13H3,(H,56,69)(H2,55,57,79)/b15-14-,19-17?,23-16-/t22-,24+,25+,26+,33-,34+,39-,40+,44+,46+,47-,48+,52+,54-/m0/s1. The fraction of sp³-hybridized carbons (Fsp3) is 0.556. The predicted octanol–water partition coefficient (Wildman–Crippen LogP) is 4.39. The zero-order valence-electron chi connectivity index (χ0n) is 46.6. The van der Waals surface area contributed by atoms with E-state index in [0.29, 0.717) is 0 Å². The Morgan fingerprint density at radius 1 is 0.775 bits per heavy atom. The van der Waals surface area contributed by atoms with Gasteiger partial charge in [0, 0.05) is 101 Å². The molecule has 0 saturated carbocycles. The molecule has 2 aromatic rings. The van der Waals surface area contributed by atoms with Crippen molar-refractivity contribution in [3.05, 3.63) is 47.3 Å². The molecule has 1 amide bonds. The molecule has 440 valence electrons. The molecule has 4 aliphatic heterocycles. The van der Waals surface area contributed by atoms with Gasteiger partial charge in [0.25, 0.3) is 11.7 Å². The van der Waals surface area contributed by atoms with Crippen molar-refractivity contribution >= 4 is 87.1 Å². The molecule has 0 aliphatic carbocycles. The number of anilines is 1. The van der Waals surface area contributed by atoms with Gasteiger partial charge in [-0.25, -0.2) is 0 Å². The third-order valence-corrected chi connectivity index (χ3v) is 15.2. The van der Waals surface area contributed by atoms with Gasteiger partial charge < -0.3 is 84.1 Å². The minimum Gasteiger partial charge on any atom is -0.507 e. The number of carbonyl (C=O) groups is 7. The van der Waals surface area contributed by atoms with Gasteiger partial charge in [0.05, 0.1) is 40.4 Å². The van der Waals surface area contributed by atoms with Crippen LogP contribution in [0, 0.1) is 30.6 Å². The van der Waals surface area contributed by atoms with E-state index in [1.54, 1.807) is 33.8 Å². The summed E-state index contributed by atoms with van der Waals surface area (Å²) in [5.74, 6) is -12.7. The number of thiocarbonyl (C=S) groups is 1. The van der Waals surface area contributed by atoms with Crippen LogP contribution in [0.3, 0.4) is 0 Å². The number of esters is 5. The summed E-state index contributed by atoms with van der Waals surface area (Å²) >= 11 is 6.45. The summed E-state index contributed by atoms with van der Waals surface area (Å²) in [5, 5.41) is 66.9. The zero-order valence-corrected chi connectivity index (χ0v) is 48.2. The minimum absolute atomic E-state index is 0.0381. The van der Waals surface area contributed by atoms with E-state index in [4.69, 9.17) is 54.8 Å². The first kappa shape index (κ1) is 64.1. The second-order valence-electron chi connectivity index (χ2n) is 19.9. The van der Waals surface area contributed by atoms with Gasteiger partial charge in [-0.3, -0.25) is 33.6 Å². The number of aliphatic hydroxyl groups is 2. The van der Waals surface area contributed by atoms with Crippen LogP contribution in [0.5, 0.6) is 23.0 Å². The molecule has 1 saturated heterocycles. The van der Waals surface area contributed by atoms with Crippen molar-refractivity contribution in [2.24, 2.45) is 23.7 Å². The van der Waals surface area contributed by atoms with Crippen molar-refractivity contribution in [2.75, 3.05) is 31.3 Å². The largest absolute Gasteiger partial charge is 0.507 e. The maximum Gasteiger partial charge on any atom is 0.312 e. The Bertz CT molecular complexity index is 2820. The minimum atomic E-state index is -2.17. The van der Waals surface area contributed by atoms with E-state index in [1.807, 2.05) is 0 Å². The number of rotatable bonds is 12. The summed E-state index contributed by atoms with van der Waals surface area (Å²) in [5.41, 5.74) is -0.629. The topological polar surface area (TPSA) is 340 Å². The van der Waals surface area contributed by atoms with Crippen LogP contribution >= 0.6 is 24.0 Å². The highest BCUT2D eigenvalue weighted by Gasteiger charge is 2.53. The Kier molecular flexibility index (Phi) is 21.8. The number of Topliss-reactive ketones (excluding diaryl/α,β-unsaturated/α-hetero) is 1.